The third-order valence-electron chi connectivity index (χ3n) is 3.27. The normalized spacial score (nSPS) is 13.7. The Bertz CT molecular complexity index is 526. The summed E-state index contributed by atoms with van der Waals surface area (Å²) in [6, 6.07) is 6.88. The standard InChI is InChI=1S/C15H27N3O2S/c1-6-16-14-8-10-15(11-9-14)21(19,20)18(7-2)13(3)12-17(4)5/h8-11,13,16H,6-7,12H2,1-5H3. The molecular formula is C15H27N3O2S. The number of likely N-dealkylation sites (N-methyl/N-ethyl adjacent to an activating group) is 2. The molecule has 6 heteroatoms. The van der Waals surface area contributed by atoms with Gasteiger partial charge < -0.3 is 10.2 Å². The molecular weight excluding hydrogens is 286 g/mol. The molecule has 0 saturated heterocycles. The molecule has 0 heterocycles. The van der Waals surface area contributed by atoms with Gasteiger partial charge in [0.1, 0.15) is 0 Å². The molecule has 0 saturated carbocycles. The van der Waals surface area contributed by atoms with E-state index in [1.165, 1.54) is 0 Å². The topological polar surface area (TPSA) is 52.7 Å². The van der Waals surface area contributed by atoms with Crippen molar-refractivity contribution in [1.29, 1.82) is 0 Å². The molecule has 0 radical (unpaired) electrons. The van der Waals surface area contributed by atoms with Crippen molar-refractivity contribution in [3.05, 3.63) is 24.3 Å². The van der Waals surface area contributed by atoms with Gasteiger partial charge in [0.2, 0.25) is 10.0 Å². The van der Waals surface area contributed by atoms with E-state index in [0.29, 0.717) is 18.0 Å². The van der Waals surface area contributed by atoms with Gasteiger partial charge in [-0.1, -0.05) is 6.92 Å². The van der Waals surface area contributed by atoms with E-state index in [2.05, 4.69) is 5.32 Å². The van der Waals surface area contributed by atoms with E-state index in [1.54, 1.807) is 28.6 Å². The van der Waals surface area contributed by atoms with Crippen LogP contribution in [-0.2, 0) is 10.0 Å². The zero-order valence-electron chi connectivity index (χ0n) is 13.6. The second-order valence-electron chi connectivity index (χ2n) is 5.37. The van der Waals surface area contributed by atoms with E-state index >= 15 is 0 Å². The van der Waals surface area contributed by atoms with Gasteiger partial charge in [-0.3, -0.25) is 0 Å². The second kappa shape index (κ2) is 7.77. The van der Waals surface area contributed by atoms with E-state index in [-0.39, 0.29) is 6.04 Å². The smallest absolute Gasteiger partial charge is 0.243 e. The van der Waals surface area contributed by atoms with Crippen molar-refractivity contribution in [1.82, 2.24) is 9.21 Å². The average molecular weight is 313 g/mol. The van der Waals surface area contributed by atoms with Crippen LogP contribution in [-0.4, -0.2) is 57.4 Å². The highest BCUT2D eigenvalue weighted by atomic mass is 32.2. The van der Waals surface area contributed by atoms with Crippen LogP contribution in [0, 0.1) is 0 Å². The van der Waals surface area contributed by atoms with Crippen molar-refractivity contribution >= 4 is 15.7 Å². The molecule has 120 valence electrons. The minimum Gasteiger partial charge on any atom is -0.385 e. The van der Waals surface area contributed by atoms with Crippen LogP contribution in [0.25, 0.3) is 0 Å². The Morgan fingerprint density at radius 3 is 2.14 bits per heavy atom. The van der Waals surface area contributed by atoms with E-state index in [0.717, 1.165) is 12.2 Å². The summed E-state index contributed by atoms with van der Waals surface area (Å²) in [4.78, 5) is 2.34. The van der Waals surface area contributed by atoms with Crippen LogP contribution in [0.5, 0.6) is 0 Å². The lowest BCUT2D eigenvalue weighted by Crippen LogP contribution is -2.43. The van der Waals surface area contributed by atoms with Gasteiger partial charge in [0, 0.05) is 31.4 Å². The third kappa shape index (κ3) is 4.69. The molecule has 0 aliphatic carbocycles. The summed E-state index contributed by atoms with van der Waals surface area (Å²) in [6.45, 7) is 7.79. The van der Waals surface area contributed by atoms with E-state index in [9.17, 15) is 8.42 Å². The number of nitrogens with zero attached hydrogens (tertiary/aromatic N) is 2. The Morgan fingerprint density at radius 1 is 1.14 bits per heavy atom. The van der Waals surface area contributed by atoms with Crippen molar-refractivity contribution < 1.29 is 8.42 Å². The molecule has 0 aromatic heterocycles. The molecule has 1 rings (SSSR count). The van der Waals surface area contributed by atoms with E-state index in [1.807, 2.05) is 39.8 Å². The molecule has 1 unspecified atom stereocenters. The maximum absolute atomic E-state index is 12.7. The fourth-order valence-electron chi connectivity index (χ4n) is 2.42. The first-order chi connectivity index (χ1) is 9.82. The number of rotatable bonds is 8. The Morgan fingerprint density at radius 2 is 1.71 bits per heavy atom. The first-order valence-corrected chi connectivity index (χ1v) is 8.77. The number of benzene rings is 1. The summed E-state index contributed by atoms with van der Waals surface area (Å²) < 4.78 is 27.0. The van der Waals surface area contributed by atoms with E-state index < -0.39 is 10.0 Å². The SMILES string of the molecule is CCNc1ccc(S(=O)(=O)N(CC)C(C)CN(C)C)cc1. The lowest BCUT2D eigenvalue weighted by Gasteiger charge is -2.29. The highest BCUT2D eigenvalue weighted by molar-refractivity contribution is 7.89. The summed E-state index contributed by atoms with van der Waals surface area (Å²) in [5.41, 5.74) is 0.931. The lowest BCUT2D eigenvalue weighted by molar-refractivity contribution is 0.271. The number of nitrogens with one attached hydrogen (secondary N) is 1. The zero-order valence-corrected chi connectivity index (χ0v) is 14.4. The minimum atomic E-state index is -3.45. The van der Waals surface area contributed by atoms with Crippen LogP contribution in [0.4, 0.5) is 5.69 Å². The fraction of sp³-hybridized carbons (Fsp3) is 0.600. The Kier molecular flexibility index (Phi) is 6.64. The quantitative estimate of drug-likeness (QED) is 0.798. The second-order valence-corrected chi connectivity index (χ2v) is 7.26. The molecule has 0 spiro atoms. The van der Waals surface area contributed by atoms with Crippen molar-refractivity contribution in [2.75, 3.05) is 39.0 Å². The number of anilines is 1. The average Bonchev–Trinajstić information content (AvgIpc) is 2.39. The molecule has 0 aliphatic rings. The van der Waals surface area contributed by atoms with Crippen LogP contribution >= 0.6 is 0 Å². The zero-order chi connectivity index (χ0) is 16.0. The van der Waals surface area contributed by atoms with Gasteiger partial charge in [0.15, 0.2) is 0 Å². The van der Waals surface area contributed by atoms with Crippen LogP contribution < -0.4 is 5.32 Å². The summed E-state index contributed by atoms with van der Waals surface area (Å²) in [5.74, 6) is 0. The molecule has 21 heavy (non-hydrogen) atoms. The molecule has 5 nitrogen and oxygen atoms in total. The predicted octanol–water partition coefficient (Wildman–Crippen LogP) is 2.08. The highest BCUT2D eigenvalue weighted by Gasteiger charge is 2.27. The Hall–Kier alpha value is -1.11. The van der Waals surface area contributed by atoms with Crippen LogP contribution in [0.2, 0.25) is 0 Å². The maximum atomic E-state index is 12.7. The van der Waals surface area contributed by atoms with Gasteiger partial charge >= 0.3 is 0 Å². The van der Waals surface area contributed by atoms with E-state index in [4.69, 9.17) is 0 Å². The molecule has 1 atom stereocenters. The molecule has 0 amide bonds. The van der Waals surface area contributed by atoms with Crippen molar-refractivity contribution in [2.24, 2.45) is 0 Å². The van der Waals surface area contributed by atoms with Crippen molar-refractivity contribution in [3.63, 3.8) is 0 Å². The first-order valence-electron chi connectivity index (χ1n) is 7.33. The number of hydrogen-bond donors (Lipinski definition) is 1. The molecule has 0 bridgehead atoms. The molecule has 1 N–H and O–H groups in total. The molecule has 1 aromatic rings. The number of hydrogen-bond acceptors (Lipinski definition) is 4. The van der Waals surface area contributed by atoms with Crippen molar-refractivity contribution in [2.45, 2.75) is 31.7 Å². The number of sulfonamides is 1. The first kappa shape index (κ1) is 17.9. The van der Waals surface area contributed by atoms with Gasteiger partial charge in [-0.25, -0.2) is 8.42 Å². The lowest BCUT2D eigenvalue weighted by atomic mass is 10.3. The monoisotopic (exact) mass is 313 g/mol. The minimum absolute atomic E-state index is 0.0663. The molecule has 1 aromatic carbocycles. The predicted molar refractivity (Wildman–Crippen MR) is 88.2 cm³/mol. The van der Waals surface area contributed by atoms with Crippen LogP contribution in [0.15, 0.2) is 29.2 Å². The van der Waals surface area contributed by atoms with Crippen LogP contribution in [0.3, 0.4) is 0 Å². The summed E-state index contributed by atoms with van der Waals surface area (Å²) in [6.07, 6.45) is 0. The molecule has 0 fully saturated rings. The Labute approximate surface area is 129 Å². The summed E-state index contributed by atoms with van der Waals surface area (Å²) >= 11 is 0. The largest absolute Gasteiger partial charge is 0.385 e. The summed E-state index contributed by atoms with van der Waals surface area (Å²) in [7, 11) is 0.444. The Balaban J connectivity index is 3.01. The summed E-state index contributed by atoms with van der Waals surface area (Å²) in [5, 5.41) is 3.16. The van der Waals surface area contributed by atoms with Gasteiger partial charge in [-0.05, 0) is 52.2 Å². The maximum Gasteiger partial charge on any atom is 0.243 e. The fourth-order valence-corrected chi connectivity index (χ4v) is 4.05. The van der Waals surface area contributed by atoms with Crippen molar-refractivity contribution in [3.8, 4) is 0 Å². The highest BCUT2D eigenvalue weighted by Crippen LogP contribution is 2.20. The van der Waals surface area contributed by atoms with Gasteiger partial charge in [0.05, 0.1) is 4.90 Å². The van der Waals surface area contributed by atoms with Crippen LogP contribution in [0.1, 0.15) is 20.8 Å². The third-order valence-corrected chi connectivity index (χ3v) is 5.38. The van der Waals surface area contributed by atoms with Gasteiger partial charge in [0.25, 0.3) is 0 Å². The van der Waals surface area contributed by atoms with Gasteiger partial charge in [-0.2, -0.15) is 4.31 Å². The molecule has 0 aliphatic heterocycles. The van der Waals surface area contributed by atoms with Gasteiger partial charge in [-0.15, -0.1) is 0 Å².